The minimum atomic E-state index is -0.877. The van der Waals surface area contributed by atoms with Crippen LogP contribution in [0.1, 0.15) is 13.8 Å². The molecular weight excluding hydrogens is 184 g/mol. The van der Waals surface area contributed by atoms with Gasteiger partial charge in [-0.25, -0.2) is 4.79 Å². The van der Waals surface area contributed by atoms with Crippen LogP contribution in [0.15, 0.2) is 11.8 Å². The van der Waals surface area contributed by atoms with Crippen LogP contribution in [-0.4, -0.2) is 18.0 Å². The van der Waals surface area contributed by atoms with E-state index in [1.165, 1.54) is 0 Å². The van der Waals surface area contributed by atoms with Crippen molar-refractivity contribution in [1.82, 2.24) is 10.6 Å². The van der Waals surface area contributed by atoms with E-state index >= 15 is 0 Å². The first kappa shape index (κ1) is 12.0. The number of carbonyl (C=O) groups is 2. The first-order chi connectivity index (χ1) is 6.47. The molecule has 0 radical (unpaired) electrons. The van der Waals surface area contributed by atoms with Crippen molar-refractivity contribution in [3.05, 3.63) is 11.8 Å². The zero-order chi connectivity index (χ0) is 11.1. The maximum Gasteiger partial charge on any atom is 0.319 e. The standard InChI is InChI=1S/C8H12N4O2/c1-5(2)12-8(14)11-4-6(3-9)7(10)13/h4-5H,1-2H3,(H2,10,13)(H2,11,12,14)/b6-4+. The molecule has 0 saturated heterocycles. The summed E-state index contributed by atoms with van der Waals surface area (Å²) >= 11 is 0. The van der Waals surface area contributed by atoms with Gasteiger partial charge in [0.2, 0.25) is 0 Å². The molecule has 0 unspecified atom stereocenters. The lowest BCUT2D eigenvalue weighted by atomic mass is 10.3. The Labute approximate surface area is 81.8 Å². The summed E-state index contributed by atoms with van der Waals surface area (Å²) in [6.45, 7) is 3.56. The molecular formula is C8H12N4O2. The molecule has 0 saturated carbocycles. The van der Waals surface area contributed by atoms with E-state index in [1.54, 1.807) is 19.9 Å². The molecule has 0 aromatic carbocycles. The summed E-state index contributed by atoms with van der Waals surface area (Å²) in [7, 11) is 0. The van der Waals surface area contributed by atoms with Crippen molar-refractivity contribution in [1.29, 1.82) is 5.26 Å². The fourth-order valence-electron chi connectivity index (χ4n) is 0.600. The minimum Gasteiger partial charge on any atom is -0.365 e. The molecule has 6 heteroatoms. The zero-order valence-electron chi connectivity index (χ0n) is 8.00. The number of nitrogens with one attached hydrogen (secondary N) is 2. The van der Waals surface area contributed by atoms with Crippen LogP contribution < -0.4 is 16.4 Å². The van der Waals surface area contributed by atoms with E-state index in [1.807, 2.05) is 0 Å². The summed E-state index contributed by atoms with van der Waals surface area (Å²) in [5, 5.41) is 13.1. The van der Waals surface area contributed by atoms with Gasteiger partial charge in [0.05, 0.1) is 0 Å². The highest BCUT2D eigenvalue weighted by atomic mass is 16.2. The number of hydrogen-bond donors (Lipinski definition) is 3. The Kier molecular flexibility index (Phi) is 4.78. The van der Waals surface area contributed by atoms with Gasteiger partial charge in [-0.1, -0.05) is 0 Å². The molecule has 3 amide bonds. The molecule has 0 spiro atoms. The second kappa shape index (κ2) is 5.59. The Morgan fingerprint density at radius 2 is 2.07 bits per heavy atom. The first-order valence-electron chi connectivity index (χ1n) is 3.94. The number of carbonyl (C=O) groups excluding carboxylic acids is 2. The number of primary amides is 1. The van der Waals surface area contributed by atoms with Gasteiger partial charge in [-0.3, -0.25) is 4.79 Å². The molecule has 0 heterocycles. The Balaban J connectivity index is 4.21. The Morgan fingerprint density at radius 1 is 1.50 bits per heavy atom. The molecule has 0 fully saturated rings. The number of rotatable bonds is 3. The molecule has 0 aliphatic rings. The Morgan fingerprint density at radius 3 is 2.43 bits per heavy atom. The van der Waals surface area contributed by atoms with Crippen molar-refractivity contribution in [3.8, 4) is 6.07 Å². The normalized spacial score (nSPS) is 10.6. The molecule has 0 bridgehead atoms. The van der Waals surface area contributed by atoms with E-state index in [0.29, 0.717) is 0 Å². The number of nitriles is 1. The SMILES string of the molecule is CC(C)NC(=O)N/C=C(\C#N)C(N)=O. The first-order valence-corrected chi connectivity index (χ1v) is 3.94. The van der Waals surface area contributed by atoms with E-state index in [-0.39, 0.29) is 11.6 Å². The molecule has 4 N–H and O–H groups in total. The summed E-state index contributed by atoms with van der Waals surface area (Å²) in [6, 6.07) is 1.04. The van der Waals surface area contributed by atoms with Crippen LogP contribution in [-0.2, 0) is 4.79 Å². The fraction of sp³-hybridized carbons (Fsp3) is 0.375. The van der Waals surface area contributed by atoms with Gasteiger partial charge in [-0.15, -0.1) is 0 Å². The molecule has 6 nitrogen and oxygen atoms in total. The van der Waals surface area contributed by atoms with Crippen molar-refractivity contribution >= 4 is 11.9 Å². The third-order valence-corrected chi connectivity index (χ3v) is 1.15. The van der Waals surface area contributed by atoms with Crippen LogP contribution >= 0.6 is 0 Å². The van der Waals surface area contributed by atoms with Crippen molar-refractivity contribution in [3.63, 3.8) is 0 Å². The smallest absolute Gasteiger partial charge is 0.319 e. The van der Waals surface area contributed by atoms with Gasteiger partial charge in [0, 0.05) is 12.2 Å². The number of nitrogens with zero attached hydrogens (tertiary/aromatic N) is 1. The molecule has 0 aliphatic carbocycles. The van der Waals surface area contributed by atoms with E-state index in [4.69, 9.17) is 11.0 Å². The van der Waals surface area contributed by atoms with E-state index in [0.717, 1.165) is 6.20 Å². The van der Waals surface area contributed by atoms with Gasteiger partial charge >= 0.3 is 6.03 Å². The summed E-state index contributed by atoms with van der Waals surface area (Å²) in [5.74, 6) is -0.877. The average molecular weight is 196 g/mol. The largest absolute Gasteiger partial charge is 0.365 e. The third kappa shape index (κ3) is 4.77. The lowest BCUT2D eigenvalue weighted by Crippen LogP contribution is -2.37. The van der Waals surface area contributed by atoms with Crippen LogP contribution in [0.5, 0.6) is 0 Å². The molecule has 14 heavy (non-hydrogen) atoms. The van der Waals surface area contributed by atoms with Gasteiger partial charge in [0.25, 0.3) is 5.91 Å². The lowest BCUT2D eigenvalue weighted by molar-refractivity contribution is -0.114. The van der Waals surface area contributed by atoms with Crippen LogP contribution in [0, 0.1) is 11.3 Å². The summed E-state index contributed by atoms with van der Waals surface area (Å²) < 4.78 is 0. The minimum absolute atomic E-state index is 0.0255. The maximum absolute atomic E-state index is 11.0. The van der Waals surface area contributed by atoms with E-state index in [9.17, 15) is 9.59 Å². The van der Waals surface area contributed by atoms with Gasteiger partial charge < -0.3 is 16.4 Å². The number of urea groups is 1. The van der Waals surface area contributed by atoms with Gasteiger partial charge in [0.15, 0.2) is 0 Å². The molecule has 0 aromatic rings. The molecule has 0 aromatic heterocycles. The number of nitrogens with two attached hydrogens (primary N) is 1. The van der Waals surface area contributed by atoms with Crippen LogP contribution in [0.2, 0.25) is 0 Å². The number of amides is 3. The fourth-order valence-corrected chi connectivity index (χ4v) is 0.600. The maximum atomic E-state index is 11.0. The van der Waals surface area contributed by atoms with Crippen molar-refractivity contribution in [2.45, 2.75) is 19.9 Å². The molecule has 76 valence electrons. The van der Waals surface area contributed by atoms with Gasteiger partial charge in [-0.2, -0.15) is 5.26 Å². The summed E-state index contributed by atoms with van der Waals surface area (Å²) in [5.41, 5.74) is 4.53. The summed E-state index contributed by atoms with van der Waals surface area (Å²) in [4.78, 5) is 21.5. The van der Waals surface area contributed by atoms with Crippen molar-refractivity contribution in [2.24, 2.45) is 5.73 Å². The Bertz CT molecular complexity index is 301. The van der Waals surface area contributed by atoms with E-state index in [2.05, 4.69) is 10.6 Å². The monoisotopic (exact) mass is 196 g/mol. The van der Waals surface area contributed by atoms with Crippen molar-refractivity contribution < 1.29 is 9.59 Å². The molecule has 0 aliphatic heterocycles. The van der Waals surface area contributed by atoms with Gasteiger partial charge in [0.1, 0.15) is 11.6 Å². The third-order valence-electron chi connectivity index (χ3n) is 1.15. The lowest BCUT2D eigenvalue weighted by Gasteiger charge is -2.06. The van der Waals surface area contributed by atoms with E-state index < -0.39 is 11.9 Å². The molecule has 0 atom stereocenters. The quantitative estimate of drug-likeness (QED) is 0.421. The topological polar surface area (TPSA) is 108 Å². The zero-order valence-corrected chi connectivity index (χ0v) is 8.00. The summed E-state index contributed by atoms with van der Waals surface area (Å²) in [6.07, 6.45) is 0.972. The highest BCUT2D eigenvalue weighted by Crippen LogP contribution is 1.86. The highest BCUT2D eigenvalue weighted by molar-refractivity contribution is 5.96. The predicted octanol–water partition coefficient (Wildman–Crippen LogP) is -0.413. The van der Waals surface area contributed by atoms with Crippen LogP contribution in [0.25, 0.3) is 0 Å². The average Bonchev–Trinajstić information content (AvgIpc) is 2.03. The Hall–Kier alpha value is -2.03. The number of hydrogen-bond acceptors (Lipinski definition) is 3. The predicted molar refractivity (Wildman–Crippen MR) is 49.7 cm³/mol. The van der Waals surface area contributed by atoms with Crippen LogP contribution in [0.3, 0.4) is 0 Å². The molecule has 0 rings (SSSR count). The second-order valence-corrected chi connectivity index (χ2v) is 2.81. The van der Waals surface area contributed by atoms with Crippen LogP contribution in [0.4, 0.5) is 4.79 Å². The second-order valence-electron chi connectivity index (χ2n) is 2.81. The highest BCUT2D eigenvalue weighted by Gasteiger charge is 2.04. The van der Waals surface area contributed by atoms with Crippen molar-refractivity contribution in [2.75, 3.05) is 0 Å². The van der Waals surface area contributed by atoms with Gasteiger partial charge in [-0.05, 0) is 13.8 Å².